The Hall–Kier alpha value is -0.430. The Balaban J connectivity index is 2.72. The van der Waals surface area contributed by atoms with Crippen LogP contribution in [0.5, 0.6) is 0 Å². The highest BCUT2D eigenvalue weighted by Gasteiger charge is 1.94. The minimum atomic E-state index is 0.132. The average molecular weight is 307 g/mol. The third-order valence-electron chi connectivity index (χ3n) is 1.43. The minimum Gasteiger partial charge on any atom is -0.370 e. The molecule has 0 saturated heterocycles. The van der Waals surface area contributed by atoms with E-state index in [0.29, 0.717) is 6.54 Å². The number of hydrogen-bond acceptors (Lipinski definition) is 2. The van der Waals surface area contributed by atoms with Crippen LogP contribution in [-0.2, 0) is 6.54 Å². The number of nitrogens with two attached hydrogens (primary N) is 2. The number of hydrogen-bond donors (Lipinski definition) is 2. The average Bonchev–Trinajstić information content (AvgIpc) is 2.15. The van der Waals surface area contributed by atoms with Crippen molar-refractivity contribution in [2.24, 2.45) is 16.5 Å². The maximum atomic E-state index is 5.23. The quantitative estimate of drug-likeness (QED) is 0.509. The van der Waals surface area contributed by atoms with Gasteiger partial charge in [0.15, 0.2) is 5.96 Å². The van der Waals surface area contributed by atoms with Crippen LogP contribution < -0.4 is 11.5 Å². The lowest BCUT2D eigenvalue weighted by atomic mass is 10.2. The molecule has 5 heteroatoms. The lowest BCUT2D eigenvalue weighted by Crippen LogP contribution is -2.22. The van der Waals surface area contributed by atoms with E-state index in [2.05, 4.69) is 38.3 Å². The number of rotatable bonds is 3. The van der Waals surface area contributed by atoms with E-state index in [0.717, 1.165) is 5.56 Å². The molecule has 1 aromatic carbocycles. The van der Waals surface area contributed by atoms with Crippen molar-refractivity contribution in [3.05, 3.63) is 29.8 Å². The molecule has 0 unspecified atom stereocenters. The highest BCUT2D eigenvalue weighted by Crippen LogP contribution is 2.25. The number of aliphatic imine (C=N–C) groups is 1. The zero-order valence-corrected chi connectivity index (χ0v) is 9.88. The number of benzene rings is 1. The van der Waals surface area contributed by atoms with Crippen LogP contribution in [0.25, 0.3) is 0 Å². The van der Waals surface area contributed by atoms with Crippen molar-refractivity contribution in [3.63, 3.8) is 0 Å². The van der Waals surface area contributed by atoms with E-state index in [1.165, 1.54) is 4.90 Å². The van der Waals surface area contributed by atoms with Crippen LogP contribution in [-0.4, -0.2) is 5.96 Å². The second-order valence-electron chi connectivity index (χ2n) is 2.47. The smallest absolute Gasteiger partial charge is 0.186 e. The van der Waals surface area contributed by atoms with Crippen LogP contribution >= 0.6 is 30.1 Å². The van der Waals surface area contributed by atoms with Gasteiger partial charge in [-0.3, -0.25) is 0 Å². The van der Waals surface area contributed by atoms with E-state index < -0.39 is 0 Å². The summed E-state index contributed by atoms with van der Waals surface area (Å²) in [6, 6.07) is 8.13. The van der Waals surface area contributed by atoms with Crippen molar-refractivity contribution in [2.45, 2.75) is 11.4 Å². The molecule has 0 aliphatic heterocycles. The molecule has 0 atom stereocenters. The first-order valence-electron chi connectivity index (χ1n) is 3.65. The predicted octanol–water partition coefficient (Wildman–Crippen LogP) is 1.90. The Labute approximate surface area is 93.6 Å². The normalized spacial score (nSPS) is 9.62. The minimum absolute atomic E-state index is 0.132. The van der Waals surface area contributed by atoms with Crippen LogP contribution in [0.4, 0.5) is 0 Å². The molecule has 0 radical (unpaired) electrons. The molecule has 70 valence electrons. The Morgan fingerprint density at radius 1 is 1.46 bits per heavy atom. The zero-order chi connectivity index (χ0) is 9.68. The van der Waals surface area contributed by atoms with Crippen molar-refractivity contribution in [3.8, 4) is 0 Å². The van der Waals surface area contributed by atoms with Gasteiger partial charge in [-0.25, -0.2) is 4.99 Å². The molecule has 0 amide bonds. The van der Waals surface area contributed by atoms with Crippen molar-refractivity contribution in [2.75, 3.05) is 0 Å². The molecule has 1 rings (SSSR count). The summed E-state index contributed by atoms with van der Waals surface area (Å²) in [5, 5.41) is 0. The largest absolute Gasteiger partial charge is 0.370 e. The van der Waals surface area contributed by atoms with Crippen LogP contribution in [0, 0.1) is 0 Å². The SMILES string of the molecule is NC(N)=NCc1cccc(SI)c1. The van der Waals surface area contributed by atoms with Crippen LogP contribution in [0.2, 0.25) is 0 Å². The van der Waals surface area contributed by atoms with E-state index in [1.807, 2.05) is 12.1 Å². The fourth-order valence-corrected chi connectivity index (χ4v) is 2.02. The molecule has 0 fully saturated rings. The molecule has 0 aromatic heterocycles. The van der Waals surface area contributed by atoms with E-state index in [4.69, 9.17) is 11.5 Å². The van der Waals surface area contributed by atoms with Gasteiger partial charge in [-0.2, -0.15) is 0 Å². The van der Waals surface area contributed by atoms with Gasteiger partial charge in [0.25, 0.3) is 0 Å². The highest BCUT2D eigenvalue weighted by atomic mass is 127. The molecular formula is C8H10IN3S. The highest BCUT2D eigenvalue weighted by molar-refractivity contribution is 14.2. The molecule has 0 saturated carbocycles. The van der Waals surface area contributed by atoms with Crippen molar-refractivity contribution >= 4 is 36.1 Å². The topological polar surface area (TPSA) is 64.4 Å². The van der Waals surface area contributed by atoms with Crippen molar-refractivity contribution < 1.29 is 0 Å². The molecule has 0 aliphatic rings. The summed E-state index contributed by atoms with van der Waals surface area (Å²) in [7, 11) is 1.68. The van der Waals surface area contributed by atoms with Gasteiger partial charge in [0, 0.05) is 26.1 Å². The third-order valence-corrected chi connectivity index (χ3v) is 3.39. The van der Waals surface area contributed by atoms with Gasteiger partial charge in [0.1, 0.15) is 0 Å². The first-order valence-corrected chi connectivity index (χ1v) is 7.01. The van der Waals surface area contributed by atoms with E-state index in [-0.39, 0.29) is 5.96 Å². The fraction of sp³-hybridized carbons (Fsp3) is 0.125. The first kappa shape index (κ1) is 10.6. The molecule has 0 aliphatic carbocycles. The maximum absolute atomic E-state index is 5.23. The van der Waals surface area contributed by atoms with E-state index >= 15 is 0 Å². The molecular weight excluding hydrogens is 297 g/mol. The Bertz CT molecular complexity index is 310. The Morgan fingerprint density at radius 3 is 2.85 bits per heavy atom. The maximum Gasteiger partial charge on any atom is 0.186 e. The van der Waals surface area contributed by atoms with Crippen molar-refractivity contribution in [1.29, 1.82) is 0 Å². The summed E-state index contributed by atoms with van der Waals surface area (Å²) >= 11 is 2.24. The lowest BCUT2D eigenvalue weighted by molar-refractivity contribution is 1.05. The van der Waals surface area contributed by atoms with Crippen LogP contribution in [0.1, 0.15) is 5.56 Å². The molecule has 4 N–H and O–H groups in total. The van der Waals surface area contributed by atoms with Gasteiger partial charge < -0.3 is 11.5 Å². The Morgan fingerprint density at radius 2 is 2.23 bits per heavy atom. The molecule has 3 nitrogen and oxygen atoms in total. The van der Waals surface area contributed by atoms with Gasteiger partial charge in [0.05, 0.1) is 6.54 Å². The summed E-state index contributed by atoms with van der Waals surface area (Å²) in [5.41, 5.74) is 11.6. The first-order chi connectivity index (χ1) is 6.22. The van der Waals surface area contributed by atoms with Gasteiger partial charge in [0.2, 0.25) is 0 Å². The predicted molar refractivity (Wildman–Crippen MR) is 65.8 cm³/mol. The second kappa shape index (κ2) is 5.33. The summed E-state index contributed by atoms with van der Waals surface area (Å²) in [6.45, 7) is 0.549. The summed E-state index contributed by atoms with van der Waals surface area (Å²) in [6.07, 6.45) is 0. The summed E-state index contributed by atoms with van der Waals surface area (Å²) < 4.78 is 0. The number of nitrogens with zero attached hydrogens (tertiary/aromatic N) is 1. The number of halogens is 1. The van der Waals surface area contributed by atoms with Crippen molar-refractivity contribution in [1.82, 2.24) is 0 Å². The number of guanidine groups is 1. The standard InChI is InChI=1S/C8H10IN3S/c9-13-7-3-1-2-6(4-7)5-12-8(10)11/h1-4H,5H2,(H4,10,11,12). The molecule has 0 bridgehead atoms. The zero-order valence-electron chi connectivity index (χ0n) is 6.90. The van der Waals surface area contributed by atoms with Gasteiger partial charge in [-0.15, -0.1) is 0 Å². The van der Waals surface area contributed by atoms with Crippen LogP contribution in [0.3, 0.4) is 0 Å². The van der Waals surface area contributed by atoms with E-state index in [1.54, 1.807) is 8.93 Å². The third kappa shape index (κ3) is 3.86. The summed E-state index contributed by atoms with van der Waals surface area (Å²) in [5.74, 6) is 0.132. The van der Waals surface area contributed by atoms with Gasteiger partial charge >= 0.3 is 0 Å². The van der Waals surface area contributed by atoms with Gasteiger partial charge in [-0.1, -0.05) is 21.1 Å². The second-order valence-corrected chi connectivity index (χ2v) is 4.41. The molecule has 0 heterocycles. The lowest BCUT2D eigenvalue weighted by Gasteiger charge is -1.99. The fourth-order valence-electron chi connectivity index (χ4n) is 0.874. The monoisotopic (exact) mass is 307 g/mol. The molecule has 13 heavy (non-hydrogen) atoms. The summed E-state index contributed by atoms with van der Waals surface area (Å²) in [4.78, 5) is 5.14. The van der Waals surface area contributed by atoms with E-state index in [9.17, 15) is 0 Å². The van der Waals surface area contributed by atoms with Gasteiger partial charge in [-0.05, 0) is 17.7 Å². The van der Waals surface area contributed by atoms with Crippen LogP contribution in [0.15, 0.2) is 34.2 Å². The molecule has 1 aromatic rings. The molecule has 0 spiro atoms. The Kier molecular flexibility index (Phi) is 4.37.